The zero-order valence-electron chi connectivity index (χ0n) is 8.43. The largest absolute Gasteiger partial charge is 0.389 e. The molecule has 0 saturated carbocycles. The molecule has 1 aromatic heterocycles. The molecule has 3 nitrogen and oxygen atoms in total. The summed E-state index contributed by atoms with van der Waals surface area (Å²) < 4.78 is 2.82. The van der Waals surface area contributed by atoms with Gasteiger partial charge in [0.15, 0.2) is 0 Å². The summed E-state index contributed by atoms with van der Waals surface area (Å²) in [5.41, 5.74) is 7.60. The molecule has 82 valence electrons. The standard InChI is InChI=1S/C11H10BrN3S/c12-10-5-14-15(7-10)6-8-2-1-3-9(4-8)11(13)16/h1-5,7H,6H2,(H2,13,16). The van der Waals surface area contributed by atoms with Gasteiger partial charge < -0.3 is 5.73 Å². The molecule has 0 saturated heterocycles. The van der Waals surface area contributed by atoms with Gasteiger partial charge in [-0.3, -0.25) is 4.68 Å². The van der Waals surface area contributed by atoms with Gasteiger partial charge in [0.25, 0.3) is 0 Å². The Kier molecular flexibility index (Phi) is 3.36. The van der Waals surface area contributed by atoms with Crippen LogP contribution in [-0.2, 0) is 6.54 Å². The highest BCUT2D eigenvalue weighted by atomic mass is 79.9. The second-order valence-electron chi connectivity index (χ2n) is 3.42. The highest BCUT2D eigenvalue weighted by Gasteiger charge is 2.00. The summed E-state index contributed by atoms with van der Waals surface area (Å²) in [5.74, 6) is 0. The minimum Gasteiger partial charge on any atom is -0.389 e. The van der Waals surface area contributed by atoms with Crippen molar-refractivity contribution in [3.8, 4) is 0 Å². The summed E-state index contributed by atoms with van der Waals surface area (Å²) >= 11 is 8.30. The highest BCUT2D eigenvalue weighted by molar-refractivity contribution is 9.10. The highest BCUT2D eigenvalue weighted by Crippen LogP contribution is 2.10. The molecule has 2 aromatic rings. The van der Waals surface area contributed by atoms with Crippen LogP contribution in [0.25, 0.3) is 0 Å². The molecule has 0 unspecified atom stereocenters. The number of nitrogens with two attached hydrogens (primary N) is 1. The second kappa shape index (κ2) is 4.76. The Hall–Kier alpha value is -1.20. The molecule has 16 heavy (non-hydrogen) atoms. The molecule has 0 aliphatic heterocycles. The monoisotopic (exact) mass is 295 g/mol. The fraction of sp³-hybridized carbons (Fsp3) is 0.0909. The van der Waals surface area contributed by atoms with Gasteiger partial charge in [-0.2, -0.15) is 5.10 Å². The molecule has 0 radical (unpaired) electrons. The lowest BCUT2D eigenvalue weighted by Crippen LogP contribution is -2.10. The van der Waals surface area contributed by atoms with Gasteiger partial charge in [0.1, 0.15) is 4.99 Å². The summed E-state index contributed by atoms with van der Waals surface area (Å²) in [7, 11) is 0. The molecular formula is C11H10BrN3S. The maximum absolute atomic E-state index is 5.58. The number of rotatable bonds is 3. The van der Waals surface area contributed by atoms with Crippen molar-refractivity contribution in [2.45, 2.75) is 6.54 Å². The zero-order chi connectivity index (χ0) is 11.5. The number of hydrogen-bond donors (Lipinski definition) is 1. The van der Waals surface area contributed by atoms with E-state index in [1.807, 2.05) is 35.1 Å². The average Bonchev–Trinajstić information content (AvgIpc) is 2.64. The van der Waals surface area contributed by atoms with Crippen molar-refractivity contribution >= 4 is 33.1 Å². The number of benzene rings is 1. The van der Waals surface area contributed by atoms with Crippen LogP contribution in [0.4, 0.5) is 0 Å². The van der Waals surface area contributed by atoms with E-state index in [2.05, 4.69) is 21.0 Å². The smallest absolute Gasteiger partial charge is 0.103 e. The van der Waals surface area contributed by atoms with Gasteiger partial charge in [0.2, 0.25) is 0 Å². The van der Waals surface area contributed by atoms with E-state index in [0.29, 0.717) is 11.5 Å². The summed E-state index contributed by atoms with van der Waals surface area (Å²) in [5, 5.41) is 4.19. The number of hydrogen-bond acceptors (Lipinski definition) is 2. The van der Waals surface area contributed by atoms with Crippen LogP contribution < -0.4 is 5.73 Å². The number of halogens is 1. The van der Waals surface area contributed by atoms with E-state index in [4.69, 9.17) is 18.0 Å². The van der Waals surface area contributed by atoms with Gasteiger partial charge in [-0.1, -0.05) is 30.4 Å². The third-order valence-corrected chi connectivity index (χ3v) is 2.80. The van der Waals surface area contributed by atoms with Crippen LogP contribution in [0.5, 0.6) is 0 Å². The minimum atomic E-state index is 0.420. The Morgan fingerprint density at radius 3 is 2.94 bits per heavy atom. The van der Waals surface area contributed by atoms with E-state index in [0.717, 1.165) is 15.6 Å². The van der Waals surface area contributed by atoms with Crippen LogP contribution in [0, 0.1) is 0 Å². The number of thiocarbonyl (C=S) groups is 1. The summed E-state index contributed by atoms with van der Waals surface area (Å²) in [6.07, 6.45) is 3.69. The van der Waals surface area contributed by atoms with Crippen LogP contribution in [0.1, 0.15) is 11.1 Å². The molecule has 1 aromatic carbocycles. The van der Waals surface area contributed by atoms with Crippen molar-refractivity contribution < 1.29 is 0 Å². The van der Waals surface area contributed by atoms with E-state index >= 15 is 0 Å². The van der Waals surface area contributed by atoms with E-state index in [1.54, 1.807) is 6.20 Å². The molecule has 0 aliphatic rings. The van der Waals surface area contributed by atoms with Crippen molar-refractivity contribution in [3.63, 3.8) is 0 Å². The minimum absolute atomic E-state index is 0.420. The van der Waals surface area contributed by atoms with Crippen LogP contribution in [0.3, 0.4) is 0 Å². The molecule has 2 rings (SSSR count). The molecule has 0 bridgehead atoms. The first-order valence-corrected chi connectivity index (χ1v) is 5.92. The van der Waals surface area contributed by atoms with Crippen molar-refractivity contribution in [1.82, 2.24) is 9.78 Å². The molecule has 0 amide bonds. The van der Waals surface area contributed by atoms with Gasteiger partial charge in [-0.25, -0.2) is 0 Å². The van der Waals surface area contributed by atoms with E-state index in [9.17, 15) is 0 Å². The van der Waals surface area contributed by atoms with Gasteiger partial charge in [0.05, 0.1) is 17.2 Å². The molecule has 0 fully saturated rings. The van der Waals surface area contributed by atoms with Crippen molar-refractivity contribution in [3.05, 3.63) is 52.3 Å². The third-order valence-electron chi connectivity index (χ3n) is 2.16. The predicted molar refractivity (Wildman–Crippen MR) is 71.4 cm³/mol. The lowest BCUT2D eigenvalue weighted by atomic mass is 10.1. The molecule has 1 heterocycles. The van der Waals surface area contributed by atoms with Crippen LogP contribution in [0.15, 0.2) is 41.1 Å². The van der Waals surface area contributed by atoms with Gasteiger partial charge >= 0.3 is 0 Å². The Bertz CT molecular complexity index is 521. The second-order valence-corrected chi connectivity index (χ2v) is 4.78. The topological polar surface area (TPSA) is 43.8 Å². The van der Waals surface area contributed by atoms with Crippen molar-refractivity contribution in [2.75, 3.05) is 0 Å². The van der Waals surface area contributed by atoms with Crippen LogP contribution >= 0.6 is 28.1 Å². The zero-order valence-corrected chi connectivity index (χ0v) is 10.8. The lowest BCUT2D eigenvalue weighted by molar-refractivity contribution is 0.686. The maximum atomic E-state index is 5.58. The Morgan fingerprint density at radius 1 is 1.50 bits per heavy atom. The Morgan fingerprint density at radius 2 is 2.31 bits per heavy atom. The van der Waals surface area contributed by atoms with E-state index in [-0.39, 0.29) is 0 Å². The van der Waals surface area contributed by atoms with Crippen molar-refractivity contribution in [2.24, 2.45) is 5.73 Å². The van der Waals surface area contributed by atoms with Gasteiger partial charge in [-0.15, -0.1) is 0 Å². The average molecular weight is 296 g/mol. The number of nitrogens with zero attached hydrogens (tertiary/aromatic N) is 2. The fourth-order valence-electron chi connectivity index (χ4n) is 1.43. The quantitative estimate of drug-likeness (QED) is 0.884. The van der Waals surface area contributed by atoms with Gasteiger partial charge in [-0.05, 0) is 27.6 Å². The summed E-state index contributed by atoms with van der Waals surface area (Å²) in [4.78, 5) is 0.420. The number of aromatic nitrogens is 2. The fourth-order valence-corrected chi connectivity index (χ4v) is 1.89. The molecule has 5 heteroatoms. The first-order valence-electron chi connectivity index (χ1n) is 4.72. The summed E-state index contributed by atoms with van der Waals surface area (Å²) in [6.45, 7) is 0.710. The first-order chi connectivity index (χ1) is 7.65. The SMILES string of the molecule is NC(=S)c1cccc(Cn2cc(Br)cn2)c1. The Balaban J connectivity index is 2.21. The van der Waals surface area contributed by atoms with Crippen molar-refractivity contribution in [1.29, 1.82) is 0 Å². The van der Waals surface area contributed by atoms with Crippen LogP contribution in [0.2, 0.25) is 0 Å². The normalized spacial score (nSPS) is 10.3. The molecule has 0 aliphatic carbocycles. The first kappa shape index (κ1) is 11.3. The van der Waals surface area contributed by atoms with E-state index in [1.165, 1.54) is 0 Å². The molecule has 0 spiro atoms. The third kappa shape index (κ3) is 2.68. The maximum Gasteiger partial charge on any atom is 0.103 e. The Labute approximate surface area is 107 Å². The lowest BCUT2D eigenvalue weighted by Gasteiger charge is -2.04. The predicted octanol–water partition coefficient (Wildman–Crippen LogP) is 2.33. The summed E-state index contributed by atoms with van der Waals surface area (Å²) in [6, 6.07) is 7.86. The molecular weight excluding hydrogens is 286 g/mol. The van der Waals surface area contributed by atoms with E-state index < -0.39 is 0 Å². The van der Waals surface area contributed by atoms with Gasteiger partial charge in [0, 0.05) is 11.8 Å². The molecule has 2 N–H and O–H groups in total. The van der Waals surface area contributed by atoms with Crippen LogP contribution in [-0.4, -0.2) is 14.8 Å². The molecule has 0 atom stereocenters.